The van der Waals surface area contributed by atoms with Gasteiger partial charge in [-0.05, 0) is 37.5 Å². The number of benzene rings is 2. The molecule has 0 saturated carbocycles. The highest BCUT2D eigenvalue weighted by Crippen LogP contribution is 2.34. The van der Waals surface area contributed by atoms with Crippen LogP contribution in [0.4, 0.5) is 0 Å². The average molecular weight is 396 g/mol. The van der Waals surface area contributed by atoms with Crippen molar-refractivity contribution in [3.63, 3.8) is 0 Å². The summed E-state index contributed by atoms with van der Waals surface area (Å²) < 4.78 is 16.8. The predicted molar refractivity (Wildman–Crippen MR) is 110 cm³/mol. The molecule has 2 aromatic carbocycles. The van der Waals surface area contributed by atoms with Crippen molar-refractivity contribution < 1.29 is 23.8 Å². The Morgan fingerprint density at radius 1 is 1.10 bits per heavy atom. The molecule has 152 valence electrons. The molecular weight excluding hydrogens is 372 g/mol. The number of carbonyl (C=O) groups is 1. The van der Waals surface area contributed by atoms with Gasteiger partial charge in [-0.1, -0.05) is 38.5 Å². The van der Waals surface area contributed by atoms with Gasteiger partial charge < -0.3 is 19.0 Å². The molecular formula is C23H24O6. The number of fused-ring (bicyclic) bond motifs is 1. The molecule has 0 aliphatic rings. The van der Waals surface area contributed by atoms with Gasteiger partial charge in [0.1, 0.15) is 23.3 Å². The number of hydrogen-bond donors (Lipinski definition) is 1. The predicted octanol–water partition coefficient (Wildman–Crippen LogP) is 5.04. The van der Waals surface area contributed by atoms with Crippen molar-refractivity contribution in [2.75, 3.05) is 0 Å². The van der Waals surface area contributed by atoms with Crippen molar-refractivity contribution in [1.82, 2.24) is 0 Å². The fourth-order valence-corrected chi connectivity index (χ4v) is 2.93. The van der Waals surface area contributed by atoms with Crippen LogP contribution in [0.2, 0.25) is 0 Å². The van der Waals surface area contributed by atoms with Gasteiger partial charge in [0, 0.05) is 11.6 Å². The summed E-state index contributed by atoms with van der Waals surface area (Å²) in [5.74, 6) is -0.0924. The van der Waals surface area contributed by atoms with Gasteiger partial charge in [-0.3, -0.25) is 4.79 Å². The van der Waals surface area contributed by atoms with E-state index < -0.39 is 12.1 Å². The molecule has 1 heterocycles. The van der Waals surface area contributed by atoms with Crippen molar-refractivity contribution in [2.24, 2.45) is 0 Å². The lowest BCUT2D eigenvalue weighted by molar-refractivity contribution is -0.144. The van der Waals surface area contributed by atoms with Gasteiger partial charge in [0.25, 0.3) is 0 Å². The van der Waals surface area contributed by atoms with E-state index in [1.807, 2.05) is 25.1 Å². The summed E-state index contributed by atoms with van der Waals surface area (Å²) in [5.41, 5.74) is 1.91. The van der Waals surface area contributed by atoms with Crippen LogP contribution in [0.5, 0.6) is 17.2 Å². The molecule has 1 atom stereocenters. The van der Waals surface area contributed by atoms with Crippen LogP contribution < -0.4 is 14.9 Å². The highest BCUT2D eigenvalue weighted by atomic mass is 16.5. The number of ether oxygens (including phenoxy) is 2. The van der Waals surface area contributed by atoms with Crippen LogP contribution in [0.15, 0.2) is 51.9 Å². The van der Waals surface area contributed by atoms with Crippen molar-refractivity contribution in [2.45, 2.75) is 46.1 Å². The van der Waals surface area contributed by atoms with Gasteiger partial charge in [0.15, 0.2) is 6.10 Å². The second-order valence-electron chi connectivity index (χ2n) is 8.04. The summed E-state index contributed by atoms with van der Waals surface area (Å²) in [5, 5.41) is 9.28. The van der Waals surface area contributed by atoms with Gasteiger partial charge in [-0.2, -0.15) is 0 Å². The molecule has 1 N–H and O–H groups in total. The van der Waals surface area contributed by atoms with Crippen molar-refractivity contribution in [1.29, 1.82) is 0 Å². The number of aliphatic carboxylic acids is 1. The highest BCUT2D eigenvalue weighted by molar-refractivity contribution is 5.79. The zero-order valence-corrected chi connectivity index (χ0v) is 17.1. The van der Waals surface area contributed by atoms with E-state index in [9.17, 15) is 9.59 Å². The molecule has 0 fully saturated rings. The Balaban J connectivity index is 1.98. The van der Waals surface area contributed by atoms with Gasteiger partial charge in [0.2, 0.25) is 11.2 Å². The summed E-state index contributed by atoms with van der Waals surface area (Å²) in [4.78, 5) is 23.8. The Morgan fingerprint density at radius 3 is 2.48 bits per heavy atom. The van der Waals surface area contributed by atoms with E-state index in [0.717, 1.165) is 11.1 Å². The molecule has 0 aliphatic carbocycles. The number of hydrogen-bond acceptors (Lipinski definition) is 5. The summed E-state index contributed by atoms with van der Waals surface area (Å²) >= 11 is 0. The van der Waals surface area contributed by atoms with E-state index in [0.29, 0.717) is 16.9 Å². The quantitative estimate of drug-likeness (QED) is 0.650. The Morgan fingerprint density at radius 2 is 1.83 bits per heavy atom. The lowest BCUT2D eigenvalue weighted by Gasteiger charge is -2.23. The van der Waals surface area contributed by atoms with Gasteiger partial charge in [0.05, 0.1) is 5.39 Å². The fraction of sp³-hybridized carbons (Fsp3) is 0.304. The third kappa shape index (κ3) is 4.42. The first-order valence-electron chi connectivity index (χ1n) is 9.30. The molecule has 0 radical (unpaired) electrons. The molecule has 29 heavy (non-hydrogen) atoms. The maximum absolute atomic E-state index is 12.9. The normalized spacial score (nSPS) is 12.6. The minimum Gasteiger partial charge on any atom is -0.479 e. The smallest absolute Gasteiger partial charge is 0.344 e. The van der Waals surface area contributed by atoms with Crippen LogP contribution in [-0.2, 0) is 10.2 Å². The van der Waals surface area contributed by atoms with Crippen molar-refractivity contribution in [3.8, 4) is 17.2 Å². The summed E-state index contributed by atoms with van der Waals surface area (Å²) in [6, 6.07) is 10.4. The Hall–Kier alpha value is -3.28. The molecule has 0 spiro atoms. The van der Waals surface area contributed by atoms with E-state index in [2.05, 4.69) is 20.8 Å². The monoisotopic (exact) mass is 396 g/mol. The van der Waals surface area contributed by atoms with Crippen LogP contribution in [-0.4, -0.2) is 17.2 Å². The van der Waals surface area contributed by atoms with E-state index in [4.69, 9.17) is 19.0 Å². The van der Waals surface area contributed by atoms with Crippen molar-refractivity contribution >= 4 is 16.9 Å². The first-order valence-corrected chi connectivity index (χ1v) is 9.30. The maximum atomic E-state index is 12.9. The lowest BCUT2D eigenvalue weighted by Crippen LogP contribution is -2.22. The topological polar surface area (TPSA) is 86.0 Å². The molecule has 3 aromatic rings. The largest absolute Gasteiger partial charge is 0.479 e. The van der Waals surface area contributed by atoms with E-state index in [1.54, 1.807) is 0 Å². The zero-order valence-electron chi connectivity index (χ0n) is 17.1. The maximum Gasteiger partial charge on any atom is 0.344 e. The molecule has 0 amide bonds. The van der Waals surface area contributed by atoms with Gasteiger partial charge >= 0.3 is 5.97 Å². The summed E-state index contributed by atoms with van der Waals surface area (Å²) in [6.07, 6.45) is 0.251. The highest BCUT2D eigenvalue weighted by Gasteiger charge is 2.21. The van der Waals surface area contributed by atoms with E-state index in [-0.39, 0.29) is 22.2 Å². The molecule has 0 aliphatic heterocycles. The number of carboxylic acids is 1. The molecule has 0 saturated heterocycles. The standard InChI is InChI=1S/C23H24O6/c1-13-6-9-18(17(10-13)23(3,4)5)29-20-12-27-19-11-15(28-14(2)22(25)26)7-8-16(19)21(20)24/h6-12,14H,1-5H3,(H,25,26). The molecule has 6 nitrogen and oxygen atoms in total. The lowest BCUT2D eigenvalue weighted by atomic mass is 9.85. The Bertz CT molecular complexity index is 1120. The molecule has 6 heteroatoms. The SMILES string of the molecule is Cc1ccc(Oc2coc3cc(OC(C)C(=O)O)ccc3c2=O)c(C(C)(C)C)c1. The second kappa shape index (κ2) is 7.62. The first-order chi connectivity index (χ1) is 13.6. The van der Waals surface area contributed by atoms with Gasteiger partial charge in [-0.15, -0.1) is 0 Å². The minimum atomic E-state index is -1.08. The van der Waals surface area contributed by atoms with Crippen LogP contribution in [0, 0.1) is 6.92 Å². The Kier molecular flexibility index (Phi) is 5.38. The van der Waals surface area contributed by atoms with Crippen LogP contribution >= 0.6 is 0 Å². The van der Waals surface area contributed by atoms with Crippen LogP contribution in [0.3, 0.4) is 0 Å². The third-order valence-electron chi connectivity index (χ3n) is 4.54. The summed E-state index contributed by atoms with van der Waals surface area (Å²) in [7, 11) is 0. The first kappa shape index (κ1) is 20.5. The number of aryl methyl sites for hydroxylation is 1. The van der Waals surface area contributed by atoms with E-state index >= 15 is 0 Å². The third-order valence-corrected chi connectivity index (χ3v) is 4.54. The number of carboxylic acid groups (broad SMARTS) is 1. The second-order valence-corrected chi connectivity index (χ2v) is 8.04. The Labute approximate surface area is 168 Å². The number of rotatable bonds is 5. The minimum absolute atomic E-state index is 0.0828. The average Bonchev–Trinajstić information content (AvgIpc) is 2.64. The van der Waals surface area contributed by atoms with Crippen molar-refractivity contribution in [3.05, 3.63) is 64.0 Å². The molecule has 1 unspecified atom stereocenters. The van der Waals surface area contributed by atoms with E-state index in [1.165, 1.54) is 31.4 Å². The fourth-order valence-electron chi connectivity index (χ4n) is 2.93. The van der Waals surface area contributed by atoms with Crippen LogP contribution in [0.1, 0.15) is 38.8 Å². The molecule has 3 rings (SSSR count). The van der Waals surface area contributed by atoms with Crippen LogP contribution in [0.25, 0.3) is 11.0 Å². The molecule has 0 bridgehead atoms. The zero-order chi connectivity index (χ0) is 21.3. The summed E-state index contributed by atoms with van der Waals surface area (Å²) in [6.45, 7) is 9.67. The van der Waals surface area contributed by atoms with Gasteiger partial charge in [-0.25, -0.2) is 4.79 Å². The molecule has 1 aromatic heterocycles.